The lowest BCUT2D eigenvalue weighted by molar-refractivity contribution is 0.504. The number of nitrogens with one attached hydrogen (secondary N) is 1. The van der Waals surface area contributed by atoms with E-state index >= 15 is 0 Å². The topological polar surface area (TPSA) is 41.1 Å². The van der Waals surface area contributed by atoms with E-state index in [1.165, 1.54) is 12.8 Å². The number of hydrogen-bond donors (Lipinski definition) is 1. The average Bonchev–Trinajstić information content (AvgIpc) is 2.68. The van der Waals surface area contributed by atoms with Gasteiger partial charge in [-0.15, -0.1) is 0 Å². The van der Waals surface area contributed by atoms with E-state index in [1.54, 1.807) is 0 Å². The Balaban J connectivity index is 2.57. The number of nitrogens with zero attached hydrogens (tertiary/aromatic N) is 3. The minimum Gasteiger partial charge on any atom is -0.373 e. The van der Waals surface area contributed by atoms with E-state index in [0.717, 1.165) is 29.6 Å². The molecule has 1 N–H and O–H groups in total. The van der Waals surface area contributed by atoms with Crippen LogP contribution in [0.5, 0.6) is 0 Å². The summed E-state index contributed by atoms with van der Waals surface area (Å²) in [6.45, 7) is 14.3. The molecule has 4 heteroatoms. The van der Waals surface area contributed by atoms with Crippen molar-refractivity contribution in [2.45, 2.75) is 65.3 Å². The van der Waals surface area contributed by atoms with Crippen molar-refractivity contribution in [3.05, 3.63) is 11.4 Å². The summed E-state index contributed by atoms with van der Waals surface area (Å²) >= 11 is 0. The monoisotopic (exact) mass is 276 g/mol. The van der Waals surface area contributed by atoms with E-state index < -0.39 is 0 Å². The van der Waals surface area contributed by atoms with E-state index in [0.29, 0.717) is 0 Å². The summed E-state index contributed by atoms with van der Waals surface area (Å²) in [5, 5.41) is 3.22. The van der Waals surface area contributed by atoms with Gasteiger partial charge in [0.1, 0.15) is 17.5 Å². The molecule has 0 radical (unpaired) electrons. The van der Waals surface area contributed by atoms with Crippen molar-refractivity contribution in [3.63, 3.8) is 0 Å². The van der Waals surface area contributed by atoms with Gasteiger partial charge in [0.15, 0.2) is 0 Å². The number of rotatable bonds is 2. The highest BCUT2D eigenvalue weighted by Gasteiger charge is 2.35. The summed E-state index contributed by atoms with van der Waals surface area (Å²) in [6, 6.07) is 0. The van der Waals surface area contributed by atoms with Crippen LogP contribution in [0.3, 0.4) is 0 Å². The summed E-state index contributed by atoms with van der Waals surface area (Å²) < 4.78 is 0. The average molecular weight is 276 g/mol. The summed E-state index contributed by atoms with van der Waals surface area (Å²) in [4.78, 5) is 12.0. The van der Waals surface area contributed by atoms with Crippen molar-refractivity contribution in [2.75, 3.05) is 23.8 Å². The van der Waals surface area contributed by atoms with Gasteiger partial charge < -0.3 is 10.2 Å². The normalized spacial score (nSPS) is 18.4. The van der Waals surface area contributed by atoms with E-state index in [2.05, 4.69) is 51.8 Å². The van der Waals surface area contributed by atoms with Gasteiger partial charge >= 0.3 is 0 Å². The van der Waals surface area contributed by atoms with E-state index in [4.69, 9.17) is 9.97 Å². The van der Waals surface area contributed by atoms with Crippen LogP contribution in [0.1, 0.15) is 58.8 Å². The predicted octanol–water partition coefficient (Wildman–Crippen LogP) is 3.50. The second-order valence-corrected chi connectivity index (χ2v) is 7.41. The molecule has 2 heterocycles. The minimum absolute atomic E-state index is 0.0437. The van der Waals surface area contributed by atoms with Crippen molar-refractivity contribution in [3.8, 4) is 0 Å². The van der Waals surface area contributed by atoms with Crippen molar-refractivity contribution in [2.24, 2.45) is 0 Å². The fourth-order valence-electron chi connectivity index (χ4n) is 2.85. The summed E-state index contributed by atoms with van der Waals surface area (Å²) in [5.41, 5.74) is 1.28. The van der Waals surface area contributed by atoms with Gasteiger partial charge in [-0.3, -0.25) is 0 Å². The van der Waals surface area contributed by atoms with Gasteiger partial charge in [-0.1, -0.05) is 20.8 Å². The van der Waals surface area contributed by atoms with Gasteiger partial charge in [0.2, 0.25) is 0 Å². The lowest BCUT2D eigenvalue weighted by atomic mass is 9.95. The molecule has 112 valence electrons. The zero-order valence-electron chi connectivity index (χ0n) is 14.0. The van der Waals surface area contributed by atoms with Crippen molar-refractivity contribution in [1.29, 1.82) is 0 Å². The number of aromatic nitrogens is 2. The third kappa shape index (κ3) is 2.60. The molecule has 0 saturated carbocycles. The molecular formula is C16H28N4. The highest BCUT2D eigenvalue weighted by atomic mass is 15.3. The standard InChI is InChI=1S/C16H28N4/c1-11-12(17-7)18-14(15(2,3)4)19-13(11)20-10-8-9-16(20,5)6/h8-10H2,1-7H3,(H,17,18,19). The molecule has 0 aromatic carbocycles. The Hall–Kier alpha value is -1.32. The van der Waals surface area contributed by atoms with Gasteiger partial charge in [0, 0.05) is 30.1 Å². The van der Waals surface area contributed by atoms with Crippen LogP contribution in [0.15, 0.2) is 0 Å². The molecule has 2 rings (SSSR count). The Morgan fingerprint density at radius 2 is 1.85 bits per heavy atom. The molecule has 4 nitrogen and oxygen atoms in total. The zero-order chi connectivity index (χ0) is 15.1. The largest absolute Gasteiger partial charge is 0.373 e. The molecule has 0 aliphatic carbocycles. The first-order valence-electron chi connectivity index (χ1n) is 7.51. The van der Waals surface area contributed by atoms with Gasteiger partial charge in [-0.25, -0.2) is 9.97 Å². The minimum atomic E-state index is -0.0437. The van der Waals surface area contributed by atoms with Crippen LogP contribution in [0.2, 0.25) is 0 Å². The van der Waals surface area contributed by atoms with Gasteiger partial charge in [-0.05, 0) is 33.6 Å². The molecule has 0 bridgehead atoms. The maximum Gasteiger partial charge on any atom is 0.138 e. The summed E-state index contributed by atoms with van der Waals surface area (Å²) in [7, 11) is 1.93. The molecule has 0 atom stereocenters. The molecule has 0 unspecified atom stereocenters. The molecule has 0 amide bonds. The van der Waals surface area contributed by atoms with Crippen LogP contribution in [-0.4, -0.2) is 29.1 Å². The lowest BCUT2D eigenvalue weighted by Crippen LogP contribution is -2.39. The van der Waals surface area contributed by atoms with Crippen molar-refractivity contribution < 1.29 is 0 Å². The van der Waals surface area contributed by atoms with Crippen LogP contribution < -0.4 is 10.2 Å². The van der Waals surface area contributed by atoms with E-state index in [9.17, 15) is 0 Å². The Bertz CT molecular complexity index is 500. The first-order chi connectivity index (χ1) is 9.16. The SMILES string of the molecule is CNc1nc(C(C)(C)C)nc(N2CCCC2(C)C)c1C. The van der Waals surface area contributed by atoms with Crippen LogP contribution in [0.4, 0.5) is 11.6 Å². The van der Waals surface area contributed by atoms with Crippen LogP contribution in [0, 0.1) is 6.92 Å². The zero-order valence-corrected chi connectivity index (χ0v) is 14.0. The Morgan fingerprint density at radius 1 is 1.20 bits per heavy atom. The molecule has 1 saturated heterocycles. The second kappa shape index (κ2) is 4.90. The number of hydrogen-bond acceptors (Lipinski definition) is 4. The van der Waals surface area contributed by atoms with Crippen LogP contribution in [-0.2, 0) is 5.41 Å². The summed E-state index contributed by atoms with van der Waals surface area (Å²) in [5.74, 6) is 2.95. The molecular weight excluding hydrogens is 248 g/mol. The second-order valence-electron chi connectivity index (χ2n) is 7.41. The Kier molecular flexibility index (Phi) is 3.69. The van der Waals surface area contributed by atoms with Crippen molar-refractivity contribution in [1.82, 2.24) is 9.97 Å². The molecule has 1 aliphatic rings. The molecule has 1 aromatic rings. The number of anilines is 2. The molecule has 1 fully saturated rings. The highest BCUT2D eigenvalue weighted by molar-refractivity contribution is 5.60. The van der Waals surface area contributed by atoms with Gasteiger partial charge in [-0.2, -0.15) is 0 Å². The third-order valence-electron chi connectivity index (χ3n) is 4.18. The van der Waals surface area contributed by atoms with Gasteiger partial charge in [0.25, 0.3) is 0 Å². The first kappa shape index (κ1) is 15.1. The smallest absolute Gasteiger partial charge is 0.138 e. The Labute approximate surface area is 123 Å². The third-order valence-corrected chi connectivity index (χ3v) is 4.18. The molecule has 1 aliphatic heterocycles. The predicted molar refractivity (Wildman–Crippen MR) is 85.7 cm³/mol. The maximum atomic E-state index is 4.90. The van der Waals surface area contributed by atoms with Crippen LogP contribution in [0.25, 0.3) is 0 Å². The van der Waals surface area contributed by atoms with E-state index in [-0.39, 0.29) is 11.0 Å². The quantitative estimate of drug-likeness (QED) is 0.897. The fraction of sp³-hybridized carbons (Fsp3) is 0.750. The first-order valence-corrected chi connectivity index (χ1v) is 7.51. The highest BCUT2D eigenvalue weighted by Crippen LogP contribution is 2.36. The maximum absolute atomic E-state index is 4.90. The molecule has 0 spiro atoms. The van der Waals surface area contributed by atoms with Gasteiger partial charge in [0.05, 0.1) is 0 Å². The lowest BCUT2D eigenvalue weighted by Gasteiger charge is -2.35. The van der Waals surface area contributed by atoms with Crippen molar-refractivity contribution >= 4 is 11.6 Å². The van der Waals surface area contributed by atoms with Crippen LogP contribution >= 0.6 is 0 Å². The van der Waals surface area contributed by atoms with E-state index in [1.807, 2.05) is 7.05 Å². The fourth-order valence-corrected chi connectivity index (χ4v) is 2.85. The Morgan fingerprint density at radius 3 is 2.30 bits per heavy atom. The molecule has 1 aromatic heterocycles. The molecule has 20 heavy (non-hydrogen) atoms. The summed E-state index contributed by atoms with van der Waals surface area (Å²) in [6.07, 6.45) is 2.45.